The molecule has 98 valence electrons. The van der Waals surface area contributed by atoms with Gasteiger partial charge in [-0.1, -0.05) is 0 Å². The zero-order valence-electron chi connectivity index (χ0n) is 10.1. The van der Waals surface area contributed by atoms with Crippen molar-refractivity contribution in [2.75, 3.05) is 33.4 Å². The van der Waals surface area contributed by atoms with Gasteiger partial charge in [0.1, 0.15) is 5.60 Å². The van der Waals surface area contributed by atoms with Crippen LogP contribution in [0.25, 0.3) is 0 Å². The number of aliphatic hydroxyl groups excluding tert-OH is 1. The molecule has 6 nitrogen and oxygen atoms in total. The van der Waals surface area contributed by atoms with E-state index in [1.54, 1.807) is 7.11 Å². The summed E-state index contributed by atoms with van der Waals surface area (Å²) >= 11 is 0. The molecule has 2 heterocycles. The fraction of sp³-hybridized carbons (Fsp3) is 0.909. The third-order valence-corrected chi connectivity index (χ3v) is 3.51. The number of carbonyl (C=O) groups excluding carboxylic acids is 1. The molecule has 2 saturated heterocycles. The fourth-order valence-electron chi connectivity index (χ4n) is 2.25. The van der Waals surface area contributed by atoms with Crippen LogP contribution in [0.2, 0.25) is 0 Å². The third kappa shape index (κ3) is 2.95. The van der Waals surface area contributed by atoms with Gasteiger partial charge in [-0.05, 0) is 6.42 Å². The highest BCUT2D eigenvalue weighted by molar-refractivity contribution is 5.82. The molecule has 0 radical (unpaired) electrons. The van der Waals surface area contributed by atoms with E-state index in [9.17, 15) is 9.90 Å². The molecule has 0 aromatic heterocycles. The summed E-state index contributed by atoms with van der Waals surface area (Å²) in [5.41, 5.74) is -0.382. The molecule has 2 aliphatic heterocycles. The average molecular weight is 244 g/mol. The van der Waals surface area contributed by atoms with Crippen molar-refractivity contribution in [1.29, 1.82) is 0 Å². The van der Waals surface area contributed by atoms with Gasteiger partial charge in [0.05, 0.1) is 18.8 Å². The minimum absolute atomic E-state index is 0.0788. The van der Waals surface area contributed by atoms with Crippen LogP contribution in [0.4, 0.5) is 0 Å². The molecule has 0 saturated carbocycles. The van der Waals surface area contributed by atoms with Gasteiger partial charge in [0.25, 0.3) is 0 Å². The maximum atomic E-state index is 11.8. The van der Waals surface area contributed by atoms with Gasteiger partial charge in [0, 0.05) is 33.2 Å². The van der Waals surface area contributed by atoms with Crippen LogP contribution in [-0.2, 0) is 14.3 Å². The van der Waals surface area contributed by atoms with Gasteiger partial charge in [-0.15, -0.1) is 0 Å². The predicted molar refractivity (Wildman–Crippen MR) is 60.6 cm³/mol. The largest absolute Gasteiger partial charge is 0.392 e. The standard InChI is InChI=1S/C11H20N2O4/c1-16-11(2-3-17-7-11)6-13-10(15)9-4-8(14)5-12-9/h8-9,12,14H,2-7H2,1H3,(H,13,15). The van der Waals surface area contributed by atoms with Gasteiger partial charge >= 0.3 is 0 Å². The maximum absolute atomic E-state index is 11.8. The predicted octanol–water partition coefficient (Wildman–Crippen LogP) is -1.37. The van der Waals surface area contributed by atoms with E-state index in [-0.39, 0.29) is 17.6 Å². The number of carbonyl (C=O) groups is 1. The number of β-amino-alcohol motifs (C(OH)–C–C–N with tert-alkyl or cyclic N) is 1. The van der Waals surface area contributed by atoms with Gasteiger partial charge in [-0.25, -0.2) is 0 Å². The van der Waals surface area contributed by atoms with E-state index in [1.807, 2.05) is 0 Å². The van der Waals surface area contributed by atoms with E-state index in [0.717, 1.165) is 6.42 Å². The molecule has 3 unspecified atom stereocenters. The maximum Gasteiger partial charge on any atom is 0.237 e. The molecule has 3 N–H and O–H groups in total. The number of nitrogens with one attached hydrogen (secondary N) is 2. The van der Waals surface area contributed by atoms with Crippen LogP contribution in [-0.4, -0.2) is 62.2 Å². The Bertz CT molecular complexity index is 279. The highest BCUT2D eigenvalue weighted by Gasteiger charge is 2.36. The fourth-order valence-corrected chi connectivity index (χ4v) is 2.25. The normalized spacial score (nSPS) is 37.3. The Balaban J connectivity index is 1.79. The minimum atomic E-state index is -0.419. The Morgan fingerprint density at radius 3 is 3.06 bits per heavy atom. The van der Waals surface area contributed by atoms with Crippen molar-refractivity contribution in [2.45, 2.75) is 30.6 Å². The summed E-state index contributed by atoms with van der Waals surface area (Å²) in [6.07, 6.45) is 0.851. The van der Waals surface area contributed by atoms with Gasteiger partial charge in [0.15, 0.2) is 0 Å². The molecular formula is C11H20N2O4. The lowest BCUT2D eigenvalue weighted by molar-refractivity contribution is -0.124. The summed E-state index contributed by atoms with van der Waals surface area (Å²) in [5, 5.41) is 15.2. The first-order chi connectivity index (χ1) is 8.15. The Morgan fingerprint density at radius 1 is 1.71 bits per heavy atom. The van der Waals surface area contributed by atoms with E-state index >= 15 is 0 Å². The van der Waals surface area contributed by atoms with Crippen molar-refractivity contribution in [3.8, 4) is 0 Å². The molecule has 3 atom stereocenters. The summed E-state index contributed by atoms with van der Waals surface area (Å²) in [4.78, 5) is 11.8. The smallest absolute Gasteiger partial charge is 0.237 e. The Labute approximate surface area is 101 Å². The molecule has 17 heavy (non-hydrogen) atoms. The molecule has 0 aliphatic carbocycles. The van der Waals surface area contributed by atoms with Gasteiger partial charge in [-0.3, -0.25) is 4.79 Å². The van der Waals surface area contributed by atoms with E-state index < -0.39 is 6.10 Å². The summed E-state index contributed by atoms with van der Waals surface area (Å²) in [6.45, 7) is 2.13. The summed E-state index contributed by atoms with van der Waals surface area (Å²) in [6, 6.07) is -0.291. The van der Waals surface area contributed by atoms with E-state index in [0.29, 0.717) is 32.7 Å². The van der Waals surface area contributed by atoms with Crippen molar-refractivity contribution in [1.82, 2.24) is 10.6 Å². The Morgan fingerprint density at radius 2 is 2.53 bits per heavy atom. The first kappa shape index (κ1) is 12.8. The van der Waals surface area contributed by atoms with Crippen LogP contribution < -0.4 is 10.6 Å². The molecule has 2 aliphatic rings. The average Bonchev–Trinajstić information content (AvgIpc) is 2.95. The van der Waals surface area contributed by atoms with Crippen molar-refractivity contribution in [3.05, 3.63) is 0 Å². The summed E-state index contributed by atoms with van der Waals surface area (Å²) in [7, 11) is 1.64. The SMILES string of the molecule is COC1(CNC(=O)C2CC(O)CN2)CCOC1. The molecule has 0 aromatic rings. The molecule has 2 fully saturated rings. The van der Waals surface area contributed by atoms with Crippen LogP contribution in [0, 0.1) is 0 Å². The minimum Gasteiger partial charge on any atom is -0.392 e. The number of methoxy groups -OCH3 is 1. The first-order valence-corrected chi connectivity index (χ1v) is 5.97. The van der Waals surface area contributed by atoms with E-state index in [2.05, 4.69) is 10.6 Å². The molecule has 0 spiro atoms. The number of hydrogen-bond donors (Lipinski definition) is 3. The monoisotopic (exact) mass is 244 g/mol. The van der Waals surface area contributed by atoms with Crippen LogP contribution in [0.1, 0.15) is 12.8 Å². The Kier molecular flexibility index (Phi) is 3.98. The first-order valence-electron chi connectivity index (χ1n) is 5.97. The molecule has 6 heteroatoms. The highest BCUT2D eigenvalue weighted by Crippen LogP contribution is 2.21. The summed E-state index contributed by atoms with van der Waals surface area (Å²) in [5.74, 6) is -0.0788. The van der Waals surface area contributed by atoms with Crippen LogP contribution >= 0.6 is 0 Å². The van der Waals surface area contributed by atoms with Crippen LogP contribution in [0.15, 0.2) is 0 Å². The van der Waals surface area contributed by atoms with Gasteiger partial charge in [0.2, 0.25) is 5.91 Å². The number of amides is 1. The zero-order chi connectivity index (χ0) is 12.3. The van der Waals surface area contributed by atoms with Crippen LogP contribution in [0.5, 0.6) is 0 Å². The molecular weight excluding hydrogens is 224 g/mol. The number of ether oxygens (including phenoxy) is 2. The second-order valence-corrected chi connectivity index (χ2v) is 4.76. The lowest BCUT2D eigenvalue weighted by atomic mass is 10.0. The molecule has 1 amide bonds. The lowest BCUT2D eigenvalue weighted by Crippen LogP contribution is -2.49. The third-order valence-electron chi connectivity index (χ3n) is 3.51. The topological polar surface area (TPSA) is 79.8 Å². The molecule has 0 aromatic carbocycles. The van der Waals surface area contributed by atoms with Crippen molar-refractivity contribution in [3.63, 3.8) is 0 Å². The number of hydrogen-bond acceptors (Lipinski definition) is 5. The van der Waals surface area contributed by atoms with E-state index in [4.69, 9.17) is 9.47 Å². The van der Waals surface area contributed by atoms with Crippen molar-refractivity contribution < 1.29 is 19.4 Å². The van der Waals surface area contributed by atoms with Gasteiger partial charge in [-0.2, -0.15) is 0 Å². The van der Waals surface area contributed by atoms with Gasteiger partial charge < -0.3 is 25.2 Å². The Hall–Kier alpha value is -0.690. The van der Waals surface area contributed by atoms with Crippen LogP contribution in [0.3, 0.4) is 0 Å². The quantitative estimate of drug-likeness (QED) is 0.568. The lowest BCUT2D eigenvalue weighted by Gasteiger charge is -2.26. The van der Waals surface area contributed by atoms with Crippen molar-refractivity contribution >= 4 is 5.91 Å². The number of aliphatic hydroxyl groups is 1. The second-order valence-electron chi connectivity index (χ2n) is 4.76. The van der Waals surface area contributed by atoms with E-state index in [1.165, 1.54) is 0 Å². The zero-order valence-corrected chi connectivity index (χ0v) is 10.1. The highest BCUT2D eigenvalue weighted by atomic mass is 16.5. The number of rotatable bonds is 4. The van der Waals surface area contributed by atoms with Crippen molar-refractivity contribution in [2.24, 2.45) is 0 Å². The molecule has 0 bridgehead atoms. The second kappa shape index (κ2) is 5.30. The summed E-state index contributed by atoms with van der Waals surface area (Å²) < 4.78 is 10.7. The molecule has 2 rings (SSSR count).